The average Bonchev–Trinajstić information content (AvgIpc) is 3.25. The molecule has 6 nitrogen and oxygen atoms in total. The zero-order chi connectivity index (χ0) is 20.3. The normalized spacial score (nSPS) is 10.9. The van der Waals surface area contributed by atoms with Crippen molar-refractivity contribution in [1.82, 2.24) is 20.4 Å². The lowest BCUT2D eigenvalue weighted by Crippen LogP contribution is -2.37. The topological polar surface area (TPSA) is 63.5 Å². The second-order valence-corrected chi connectivity index (χ2v) is 6.60. The lowest BCUT2D eigenvalue weighted by atomic mass is 10.1. The molecule has 0 aliphatic rings. The quantitative estimate of drug-likeness (QED) is 0.253. The Morgan fingerprint density at radius 1 is 1.03 bits per heavy atom. The van der Waals surface area contributed by atoms with Gasteiger partial charge in [0.1, 0.15) is 5.75 Å². The van der Waals surface area contributed by atoms with Crippen LogP contribution in [0.4, 0.5) is 0 Å². The molecule has 0 saturated heterocycles. The summed E-state index contributed by atoms with van der Waals surface area (Å²) in [7, 11) is 0. The molecule has 0 atom stereocenters. The maximum atomic E-state index is 5.58. The molecule has 0 unspecified atom stereocenters. The van der Waals surface area contributed by atoms with Crippen molar-refractivity contribution in [2.45, 2.75) is 33.5 Å². The van der Waals surface area contributed by atoms with Gasteiger partial charge >= 0.3 is 0 Å². The molecule has 0 bridgehead atoms. The van der Waals surface area contributed by atoms with Crippen LogP contribution in [-0.4, -0.2) is 28.9 Å². The first-order valence-electron chi connectivity index (χ1n) is 10.1. The van der Waals surface area contributed by atoms with E-state index < -0.39 is 0 Å². The fourth-order valence-electron chi connectivity index (χ4n) is 3.04. The number of hydrogen-bond acceptors (Lipinski definition) is 3. The van der Waals surface area contributed by atoms with E-state index in [9.17, 15) is 0 Å². The standard InChI is InChI=1S/C23H29N5O.HI/c1-3-24-23(25-16-19-9-7-12-22(15-19)29-4-2)26-17-20-10-5-6-11-21(20)18-28-14-8-13-27-28;/h5-15H,3-4,16-18H2,1-2H3,(H2,24,25,26);1H. The van der Waals surface area contributed by atoms with Crippen molar-refractivity contribution >= 4 is 29.9 Å². The number of guanidine groups is 1. The molecule has 0 fully saturated rings. The van der Waals surface area contributed by atoms with E-state index in [2.05, 4.69) is 53.0 Å². The number of nitrogens with zero attached hydrogens (tertiary/aromatic N) is 3. The number of aliphatic imine (C=N–C) groups is 1. The van der Waals surface area contributed by atoms with Gasteiger partial charge in [-0.05, 0) is 48.7 Å². The minimum absolute atomic E-state index is 0. The van der Waals surface area contributed by atoms with Gasteiger partial charge in [-0.25, -0.2) is 4.99 Å². The van der Waals surface area contributed by atoms with Crippen LogP contribution in [0, 0.1) is 0 Å². The predicted octanol–water partition coefficient (Wildman–Crippen LogP) is 4.20. The lowest BCUT2D eigenvalue weighted by Gasteiger charge is -2.14. The van der Waals surface area contributed by atoms with Crippen molar-refractivity contribution in [1.29, 1.82) is 0 Å². The van der Waals surface area contributed by atoms with Gasteiger partial charge < -0.3 is 15.4 Å². The first-order chi connectivity index (χ1) is 14.3. The summed E-state index contributed by atoms with van der Waals surface area (Å²) in [5.74, 6) is 1.67. The minimum Gasteiger partial charge on any atom is -0.494 e. The van der Waals surface area contributed by atoms with Crippen molar-refractivity contribution in [2.75, 3.05) is 13.2 Å². The van der Waals surface area contributed by atoms with Crippen molar-refractivity contribution in [3.63, 3.8) is 0 Å². The molecule has 160 valence electrons. The summed E-state index contributed by atoms with van der Waals surface area (Å²) >= 11 is 0. The number of hydrogen-bond donors (Lipinski definition) is 2. The number of benzene rings is 2. The highest BCUT2D eigenvalue weighted by Crippen LogP contribution is 2.14. The first kappa shape index (κ1) is 23.7. The molecule has 1 aromatic heterocycles. The van der Waals surface area contributed by atoms with Crippen LogP contribution in [0.2, 0.25) is 0 Å². The highest BCUT2D eigenvalue weighted by Gasteiger charge is 2.05. The maximum absolute atomic E-state index is 5.58. The fourth-order valence-corrected chi connectivity index (χ4v) is 3.04. The number of aromatic nitrogens is 2. The Morgan fingerprint density at radius 3 is 2.60 bits per heavy atom. The largest absolute Gasteiger partial charge is 0.494 e. The molecule has 0 aliphatic carbocycles. The van der Waals surface area contributed by atoms with Crippen LogP contribution in [0.1, 0.15) is 30.5 Å². The molecule has 1 heterocycles. The number of ether oxygens (including phenoxy) is 1. The van der Waals surface area contributed by atoms with Crippen LogP contribution in [-0.2, 0) is 19.6 Å². The monoisotopic (exact) mass is 519 g/mol. The Balaban J connectivity index is 0.00000320. The molecule has 0 aliphatic heterocycles. The van der Waals surface area contributed by atoms with Crippen molar-refractivity contribution in [2.24, 2.45) is 4.99 Å². The van der Waals surface area contributed by atoms with Crippen molar-refractivity contribution in [3.05, 3.63) is 83.7 Å². The van der Waals surface area contributed by atoms with E-state index in [1.807, 2.05) is 42.1 Å². The Morgan fingerprint density at radius 2 is 1.87 bits per heavy atom. The molecule has 7 heteroatoms. The van der Waals surface area contributed by atoms with Crippen LogP contribution >= 0.6 is 24.0 Å². The molecule has 30 heavy (non-hydrogen) atoms. The Kier molecular flexibility index (Phi) is 10.2. The second-order valence-electron chi connectivity index (χ2n) is 6.60. The molecule has 0 radical (unpaired) electrons. The van der Waals surface area contributed by atoms with Gasteiger partial charge in [0.2, 0.25) is 0 Å². The number of rotatable bonds is 9. The van der Waals surface area contributed by atoms with Crippen LogP contribution < -0.4 is 15.4 Å². The third-order valence-electron chi connectivity index (χ3n) is 4.43. The highest BCUT2D eigenvalue weighted by molar-refractivity contribution is 14.0. The van der Waals surface area contributed by atoms with Gasteiger partial charge in [0, 0.05) is 25.5 Å². The molecule has 3 rings (SSSR count). The van der Waals surface area contributed by atoms with Gasteiger partial charge in [0.05, 0.1) is 19.7 Å². The van der Waals surface area contributed by atoms with Crippen LogP contribution in [0.25, 0.3) is 0 Å². The Hall–Kier alpha value is -2.55. The van der Waals surface area contributed by atoms with Crippen molar-refractivity contribution < 1.29 is 4.74 Å². The van der Waals surface area contributed by atoms with Gasteiger partial charge in [-0.1, -0.05) is 36.4 Å². The van der Waals surface area contributed by atoms with Crippen molar-refractivity contribution in [3.8, 4) is 5.75 Å². The van der Waals surface area contributed by atoms with Crippen LogP contribution in [0.3, 0.4) is 0 Å². The summed E-state index contributed by atoms with van der Waals surface area (Å²) in [6.45, 7) is 7.56. The molecule has 0 amide bonds. The van der Waals surface area contributed by atoms with Gasteiger partial charge in [-0.3, -0.25) is 4.68 Å². The van der Waals surface area contributed by atoms with E-state index in [0.717, 1.165) is 30.4 Å². The zero-order valence-corrected chi connectivity index (χ0v) is 19.9. The Bertz CT molecular complexity index is 911. The summed E-state index contributed by atoms with van der Waals surface area (Å²) in [6, 6.07) is 18.4. The SMILES string of the molecule is CCNC(=NCc1cccc(OCC)c1)NCc1ccccc1Cn1cccn1.I. The van der Waals surface area contributed by atoms with Crippen LogP contribution in [0.5, 0.6) is 5.75 Å². The first-order valence-corrected chi connectivity index (χ1v) is 10.1. The number of halogens is 1. The molecule has 0 spiro atoms. The van der Waals surface area contributed by atoms with E-state index in [1.54, 1.807) is 6.20 Å². The van der Waals surface area contributed by atoms with E-state index in [0.29, 0.717) is 19.7 Å². The fraction of sp³-hybridized carbons (Fsp3) is 0.304. The summed E-state index contributed by atoms with van der Waals surface area (Å²) in [4.78, 5) is 4.73. The zero-order valence-electron chi connectivity index (χ0n) is 17.5. The van der Waals surface area contributed by atoms with Gasteiger partial charge in [-0.2, -0.15) is 5.10 Å². The minimum atomic E-state index is 0. The molecular weight excluding hydrogens is 489 g/mol. The molecular formula is C23H30IN5O. The molecule has 0 saturated carbocycles. The van der Waals surface area contributed by atoms with E-state index in [-0.39, 0.29) is 24.0 Å². The van der Waals surface area contributed by atoms with E-state index in [4.69, 9.17) is 9.73 Å². The van der Waals surface area contributed by atoms with Gasteiger partial charge in [0.25, 0.3) is 0 Å². The Labute approximate surface area is 195 Å². The van der Waals surface area contributed by atoms with Gasteiger partial charge in [-0.15, -0.1) is 24.0 Å². The van der Waals surface area contributed by atoms with Crippen LogP contribution in [0.15, 0.2) is 72.0 Å². The molecule has 2 aromatic carbocycles. The summed E-state index contributed by atoms with van der Waals surface area (Å²) in [5.41, 5.74) is 3.59. The predicted molar refractivity (Wildman–Crippen MR) is 132 cm³/mol. The highest BCUT2D eigenvalue weighted by atomic mass is 127. The summed E-state index contributed by atoms with van der Waals surface area (Å²) in [5, 5.41) is 11.1. The smallest absolute Gasteiger partial charge is 0.191 e. The summed E-state index contributed by atoms with van der Waals surface area (Å²) < 4.78 is 7.51. The average molecular weight is 519 g/mol. The molecule has 3 aromatic rings. The molecule has 2 N–H and O–H groups in total. The second kappa shape index (κ2) is 12.9. The van der Waals surface area contributed by atoms with E-state index in [1.165, 1.54) is 11.1 Å². The third kappa shape index (κ3) is 7.37. The number of nitrogens with one attached hydrogen (secondary N) is 2. The lowest BCUT2D eigenvalue weighted by molar-refractivity contribution is 0.340. The van der Waals surface area contributed by atoms with Gasteiger partial charge in [0.15, 0.2) is 5.96 Å². The maximum Gasteiger partial charge on any atom is 0.191 e. The summed E-state index contributed by atoms with van der Waals surface area (Å²) in [6.07, 6.45) is 3.78. The van der Waals surface area contributed by atoms with E-state index >= 15 is 0 Å². The third-order valence-corrected chi connectivity index (χ3v) is 4.43.